The smallest absolute Gasteiger partial charge is 0.224 e. The lowest BCUT2D eigenvalue weighted by atomic mass is 9.90. The Morgan fingerprint density at radius 3 is 2.81 bits per heavy atom. The van der Waals surface area contributed by atoms with Crippen molar-refractivity contribution < 1.29 is 13.9 Å². The number of carbonyl (C=O) groups excluding carboxylic acids is 1. The van der Waals surface area contributed by atoms with Crippen molar-refractivity contribution in [2.75, 3.05) is 26.2 Å². The fourth-order valence-corrected chi connectivity index (χ4v) is 3.25. The molecule has 2 atom stereocenters. The fraction of sp³-hybridized carbons (Fsp3) is 0.381. The molecular weight excluding hydrogens is 331 g/mol. The molecule has 5 heteroatoms. The topological polar surface area (TPSA) is 50.4 Å². The molecule has 0 saturated carbocycles. The van der Waals surface area contributed by atoms with Gasteiger partial charge in [-0.05, 0) is 30.5 Å². The molecule has 1 fully saturated rings. The predicted molar refractivity (Wildman–Crippen MR) is 99.5 cm³/mol. The zero-order valence-electron chi connectivity index (χ0n) is 14.8. The maximum atomic E-state index is 13.2. The second kappa shape index (κ2) is 9.34. The number of ether oxygens (including phenoxy) is 1. The number of amides is 1. The Bertz CT molecular complexity index is 708. The Hall–Kier alpha value is -2.40. The first kappa shape index (κ1) is 18.4. The summed E-state index contributed by atoms with van der Waals surface area (Å²) in [5, 5.41) is 6.34. The monoisotopic (exact) mass is 356 g/mol. The third-order valence-electron chi connectivity index (χ3n) is 4.65. The number of hydrogen-bond donors (Lipinski definition) is 2. The third kappa shape index (κ3) is 5.56. The van der Waals surface area contributed by atoms with Crippen molar-refractivity contribution in [3.05, 3.63) is 66.0 Å². The Kier molecular flexibility index (Phi) is 6.61. The number of hydrogen-bond acceptors (Lipinski definition) is 3. The van der Waals surface area contributed by atoms with Gasteiger partial charge in [0.15, 0.2) is 0 Å². The number of benzene rings is 2. The minimum Gasteiger partial charge on any atom is -0.493 e. The Labute approximate surface area is 153 Å². The molecule has 1 saturated heterocycles. The summed E-state index contributed by atoms with van der Waals surface area (Å²) in [5.74, 6) is 0.487. The van der Waals surface area contributed by atoms with Crippen molar-refractivity contribution in [3.8, 4) is 5.75 Å². The van der Waals surface area contributed by atoms with Gasteiger partial charge >= 0.3 is 0 Å². The minimum atomic E-state index is -0.306. The third-order valence-corrected chi connectivity index (χ3v) is 4.65. The van der Waals surface area contributed by atoms with Crippen LogP contribution in [0.15, 0.2) is 54.6 Å². The standard InChI is InChI=1S/C21H25FN2O2/c22-19-7-4-8-20(12-19)26-15-17-11-18(14-23-13-17)21(25)24-10-9-16-5-2-1-3-6-16/h1-8,12,17-18,23H,9-11,13-15H2,(H,24,25)/t17-,18+/m0/s1. The van der Waals surface area contributed by atoms with Crippen molar-refractivity contribution in [3.63, 3.8) is 0 Å². The molecule has 138 valence electrons. The highest BCUT2D eigenvalue weighted by Crippen LogP contribution is 2.19. The van der Waals surface area contributed by atoms with Crippen LogP contribution in [0.25, 0.3) is 0 Å². The van der Waals surface area contributed by atoms with Crippen LogP contribution in [0.3, 0.4) is 0 Å². The fourth-order valence-electron chi connectivity index (χ4n) is 3.25. The summed E-state index contributed by atoms with van der Waals surface area (Å²) in [6.07, 6.45) is 1.61. The first-order valence-electron chi connectivity index (χ1n) is 9.11. The van der Waals surface area contributed by atoms with Crippen molar-refractivity contribution in [1.82, 2.24) is 10.6 Å². The highest BCUT2D eigenvalue weighted by atomic mass is 19.1. The Balaban J connectivity index is 1.41. The largest absolute Gasteiger partial charge is 0.493 e. The number of piperidine rings is 1. The molecule has 0 aliphatic carbocycles. The molecule has 0 spiro atoms. The molecule has 0 unspecified atom stereocenters. The SMILES string of the molecule is O=C(NCCc1ccccc1)[C@H]1CNC[C@@H](COc2cccc(F)c2)C1. The van der Waals surface area contributed by atoms with Crippen LogP contribution in [0.4, 0.5) is 4.39 Å². The zero-order chi connectivity index (χ0) is 18.2. The molecular formula is C21H25FN2O2. The molecule has 1 amide bonds. The molecule has 4 nitrogen and oxygen atoms in total. The molecule has 2 aromatic carbocycles. The molecule has 26 heavy (non-hydrogen) atoms. The normalized spacial score (nSPS) is 19.7. The predicted octanol–water partition coefficient (Wildman–Crippen LogP) is 2.79. The van der Waals surface area contributed by atoms with E-state index in [0.717, 1.165) is 19.4 Å². The Morgan fingerprint density at radius 2 is 2.00 bits per heavy atom. The van der Waals surface area contributed by atoms with Crippen LogP contribution in [0.5, 0.6) is 5.75 Å². The van der Waals surface area contributed by atoms with Gasteiger partial charge in [-0.15, -0.1) is 0 Å². The second-order valence-electron chi connectivity index (χ2n) is 6.75. The van der Waals surface area contributed by atoms with Crippen LogP contribution in [0.1, 0.15) is 12.0 Å². The van der Waals surface area contributed by atoms with E-state index in [0.29, 0.717) is 25.4 Å². The van der Waals surface area contributed by atoms with E-state index >= 15 is 0 Å². The molecule has 2 aromatic rings. The first-order valence-corrected chi connectivity index (χ1v) is 9.11. The van der Waals surface area contributed by atoms with Crippen molar-refractivity contribution in [2.45, 2.75) is 12.8 Å². The number of rotatable bonds is 7. The average Bonchev–Trinajstić information content (AvgIpc) is 2.67. The van der Waals surface area contributed by atoms with Crippen LogP contribution in [-0.4, -0.2) is 32.1 Å². The van der Waals surface area contributed by atoms with Crippen molar-refractivity contribution in [2.24, 2.45) is 11.8 Å². The van der Waals surface area contributed by atoms with Crippen molar-refractivity contribution >= 4 is 5.91 Å². The van der Waals surface area contributed by atoms with Gasteiger partial charge < -0.3 is 15.4 Å². The molecule has 3 rings (SSSR count). The molecule has 1 aliphatic rings. The molecule has 1 heterocycles. The van der Waals surface area contributed by atoms with Gasteiger partial charge in [0.25, 0.3) is 0 Å². The maximum Gasteiger partial charge on any atom is 0.224 e. The summed E-state index contributed by atoms with van der Waals surface area (Å²) in [5.41, 5.74) is 1.22. The molecule has 0 bridgehead atoms. The number of carbonyl (C=O) groups is 1. The quantitative estimate of drug-likeness (QED) is 0.802. The van der Waals surface area contributed by atoms with E-state index in [-0.39, 0.29) is 23.6 Å². The summed E-state index contributed by atoms with van der Waals surface area (Å²) in [6.45, 7) is 2.62. The minimum absolute atomic E-state index is 0.0550. The van der Waals surface area contributed by atoms with E-state index < -0.39 is 0 Å². The van der Waals surface area contributed by atoms with Gasteiger partial charge in [0, 0.05) is 31.6 Å². The summed E-state index contributed by atoms with van der Waals surface area (Å²) >= 11 is 0. The van der Waals surface area contributed by atoms with Gasteiger partial charge in [0.2, 0.25) is 5.91 Å². The maximum absolute atomic E-state index is 13.2. The number of halogens is 1. The van der Waals surface area contributed by atoms with E-state index in [4.69, 9.17) is 4.74 Å². The molecule has 0 radical (unpaired) electrons. The summed E-state index contributed by atoms with van der Waals surface area (Å²) in [6, 6.07) is 16.3. The van der Waals surface area contributed by atoms with Crippen LogP contribution in [-0.2, 0) is 11.2 Å². The highest BCUT2D eigenvalue weighted by Gasteiger charge is 2.27. The highest BCUT2D eigenvalue weighted by molar-refractivity contribution is 5.79. The summed E-state index contributed by atoms with van der Waals surface area (Å²) in [4.78, 5) is 12.4. The lowest BCUT2D eigenvalue weighted by Gasteiger charge is -2.29. The average molecular weight is 356 g/mol. The van der Waals surface area contributed by atoms with Gasteiger partial charge in [-0.1, -0.05) is 36.4 Å². The molecule has 1 aliphatic heterocycles. The zero-order valence-corrected chi connectivity index (χ0v) is 14.8. The summed E-state index contributed by atoms with van der Waals surface area (Å²) in [7, 11) is 0. The van der Waals surface area contributed by atoms with Gasteiger partial charge in [0.1, 0.15) is 11.6 Å². The van der Waals surface area contributed by atoms with E-state index in [1.165, 1.54) is 17.7 Å². The van der Waals surface area contributed by atoms with E-state index in [2.05, 4.69) is 22.8 Å². The van der Waals surface area contributed by atoms with Gasteiger partial charge in [-0.25, -0.2) is 4.39 Å². The molecule has 0 aromatic heterocycles. The van der Waals surface area contributed by atoms with Gasteiger partial charge in [0.05, 0.1) is 12.5 Å². The van der Waals surface area contributed by atoms with Crippen LogP contribution in [0, 0.1) is 17.7 Å². The lowest BCUT2D eigenvalue weighted by Crippen LogP contribution is -2.45. The van der Waals surface area contributed by atoms with E-state index in [9.17, 15) is 9.18 Å². The van der Waals surface area contributed by atoms with Crippen LogP contribution >= 0.6 is 0 Å². The molecule has 2 N–H and O–H groups in total. The Morgan fingerprint density at radius 1 is 1.15 bits per heavy atom. The first-order chi connectivity index (χ1) is 12.7. The van der Waals surface area contributed by atoms with Crippen molar-refractivity contribution in [1.29, 1.82) is 0 Å². The lowest BCUT2D eigenvalue weighted by molar-refractivity contribution is -0.126. The van der Waals surface area contributed by atoms with E-state index in [1.807, 2.05) is 18.2 Å². The van der Waals surface area contributed by atoms with Gasteiger partial charge in [-0.2, -0.15) is 0 Å². The van der Waals surface area contributed by atoms with E-state index in [1.54, 1.807) is 12.1 Å². The summed E-state index contributed by atoms with van der Waals surface area (Å²) < 4.78 is 18.9. The number of nitrogens with one attached hydrogen (secondary N) is 2. The van der Waals surface area contributed by atoms with Crippen LogP contribution in [0.2, 0.25) is 0 Å². The van der Waals surface area contributed by atoms with Crippen LogP contribution < -0.4 is 15.4 Å². The second-order valence-corrected chi connectivity index (χ2v) is 6.75. The van der Waals surface area contributed by atoms with Gasteiger partial charge in [-0.3, -0.25) is 4.79 Å².